The van der Waals surface area contributed by atoms with E-state index in [1.54, 1.807) is 6.07 Å². The molecule has 0 amide bonds. The van der Waals surface area contributed by atoms with Gasteiger partial charge in [0.15, 0.2) is 0 Å². The molecule has 0 unspecified atom stereocenters. The normalized spacial score (nSPS) is 12.8. The highest BCUT2D eigenvalue weighted by molar-refractivity contribution is 7.97. The fourth-order valence-electron chi connectivity index (χ4n) is 1.32. The second-order valence-corrected chi connectivity index (χ2v) is 5.98. The number of rotatable bonds is 3. The number of aryl methyl sites for hydroxylation is 1. The van der Waals surface area contributed by atoms with E-state index in [0.29, 0.717) is 12.0 Å². The van der Waals surface area contributed by atoms with Crippen LogP contribution in [0.3, 0.4) is 0 Å². The van der Waals surface area contributed by atoms with Gasteiger partial charge in [-0.1, -0.05) is 13.0 Å². The van der Waals surface area contributed by atoms with Crippen molar-refractivity contribution in [2.75, 3.05) is 0 Å². The summed E-state index contributed by atoms with van der Waals surface area (Å²) in [6.07, 6.45) is -3.71. The fourth-order valence-corrected chi connectivity index (χ4v) is 2.15. The molecule has 0 radical (unpaired) electrons. The lowest BCUT2D eigenvalue weighted by Gasteiger charge is -2.21. The molecule has 0 atom stereocenters. The summed E-state index contributed by atoms with van der Waals surface area (Å²) in [6, 6.07) is 4.50. The Hall–Kier alpha value is -0.680. The predicted octanol–water partition coefficient (Wildman–Crippen LogP) is 4.66. The first-order valence-electron chi connectivity index (χ1n) is 5.77. The van der Waals surface area contributed by atoms with Crippen molar-refractivity contribution in [3.63, 3.8) is 0 Å². The van der Waals surface area contributed by atoms with Gasteiger partial charge in [0.1, 0.15) is 0 Å². The van der Waals surface area contributed by atoms with Crippen LogP contribution in [0.4, 0.5) is 13.2 Å². The maximum Gasteiger partial charge on any atom is 0.417 e. The zero-order chi connectivity index (χ0) is 14.0. The van der Waals surface area contributed by atoms with E-state index in [4.69, 9.17) is 0 Å². The van der Waals surface area contributed by atoms with Crippen molar-refractivity contribution in [2.45, 2.75) is 50.7 Å². The maximum absolute atomic E-state index is 12.9. The summed E-state index contributed by atoms with van der Waals surface area (Å²) in [5.74, 6) is 0. The van der Waals surface area contributed by atoms with Crippen molar-refractivity contribution < 1.29 is 13.2 Å². The molecule has 1 aromatic rings. The van der Waals surface area contributed by atoms with E-state index < -0.39 is 11.7 Å². The van der Waals surface area contributed by atoms with E-state index in [-0.39, 0.29) is 10.4 Å². The van der Waals surface area contributed by atoms with Gasteiger partial charge >= 0.3 is 6.18 Å². The van der Waals surface area contributed by atoms with Gasteiger partial charge in [0.25, 0.3) is 0 Å². The minimum absolute atomic E-state index is 0.217. The van der Waals surface area contributed by atoms with Crippen LogP contribution in [-0.2, 0) is 12.6 Å². The van der Waals surface area contributed by atoms with Gasteiger partial charge in [-0.2, -0.15) is 13.2 Å². The number of benzene rings is 1. The second kappa shape index (κ2) is 5.53. The number of hydrogen-bond donors (Lipinski definition) is 1. The molecule has 0 saturated carbocycles. The largest absolute Gasteiger partial charge is 0.417 e. The highest BCUT2D eigenvalue weighted by Crippen LogP contribution is 2.37. The minimum atomic E-state index is -4.31. The minimum Gasteiger partial charge on any atom is -0.255 e. The van der Waals surface area contributed by atoms with E-state index in [2.05, 4.69) is 4.72 Å². The molecule has 0 aliphatic carbocycles. The zero-order valence-electron chi connectivity index (χ0n) is 11.0. The number of hydrogen-bond acceptors (Lipinski definition) is 2. The topological polar surface area (TPSA) is 12.0 Å². The summed E-state index contributed by atoms with van der Waals surface area (Å²) in [5.41, 5.74) is -0.109. The van der Waals surface area contributed by atoms with Crippen LogP contribution in [0.1, 0.15) is 38.8 Å². The Morgan fingerprint density at radius 1 is 1.17 bits per heavy atom. The Kier molecular flexibility index (Phi) is 4.72. The van der Waals surface area contributed by atoms with Gasteiger partial charge in [0.2, 0.25) is 0 Å². The standard InChI is InChI=1S/C13H18F3NS/c1-5-9-6-7-11(18-17-12(2,3)4)10(8-9)13(14,15)16/h6-8,17H,5H2,1-4H3. The van der Waals surface area contributed by atoms with E-state index >= 15 is 0 Å². The van der Waals surface area contributed by atoms with Crippen molar-refractivity contribution in [3.05, 3.63) is 29.3 Å². The summed E-state index contributed by atoms with van der Waals surface area (Å²) < 4.78 is 41.8. The number of halogens is 3. The summed E-state index contributed by atoms with van der Waals surface area (Å²) in [6.45, 7) is 7.57. The number of nitrogens with one attached hydrogen (secondary N) is 1. The van der Waals surface area contributed by atoms with Gasteiger partial charge in [-0.15, -0.1) is 0 Å². The fraction of sp³-hybridized carbons (Fsp3) is 0.538. The van der Waals surface area contributed by atoms with Gasteiger partial charge < -0.3 is 0 Å². The second-order valence-electron chi connectivity index (χ2n) is 5.14. The Balaban J connectivity index is 3.03. The molecule has 0 spiro atoms. The Morgan fingerprint density at radius 2 is 1.78 bits per heavy atom. The molecule has 1 rings (SSSR count). The van der Waals surface area contributed by atoms with Crippen molar-refractivity contribution in [3.8, 4) is 0 Å². The van der Waals surface area contributed by atoms with Gasteiger partial charge in [0.05, 0.1) is 5.56 Å². The summed E-state index contributed by atoms with van der Waals surface area (Å²) in [4.78, 5) is 0.217. The first-order valence-corrected chi connectivity index (χ1v) is 6.59. The van der Waals surface area contributed by atoms with Crippen LogP contribution in [0, 0.1) is 0 Å². The van der Waals surface area contributed by atoms with Crippen molar-refractivity contribution in [2.24, 2.45) is 0 Å². The Morgan fingerprint density at radius 3 is 2.22 bits per heavy atom. The lowest BCUT2D eigenvalue weighted by molar-refractivity contribution is -0.139. The molecule has 0 aromatic heterocycles. The Bertz CT molecular complexity index is 408. The van der Waals surface area contributed by atoms with Crippen molar-refractivity contribution in [1.29, 1.82) is 0 Å². The van der Waals surface area contributed by atoms with Crippen LogP contribution in [0.25, 0.3) is 0 Å². The van der Waals surface area contributed by atoms with Crippen LogP contribution >= 0.6 is 11.9 Å². The number of alkyl halides is 3. The lowest BCUT2D eigenvalue weighted by Crippen LogP contribution is -2.30. The summed E-state index contributed by atoms with van der Waals surface area (Å²) in [7, 11) is 0. The van der Waals surface area contributed by atoms with Crippen molar-refractivity contribution >= 4 is 11.9 Å². The Labute approximate surface area is 110 Å². The molecule has 18 heavy (non-hydrogen) atoms. The molecule has 5 heteroatoms. The molecule has 0 fully saturated rings. The first-order chi connectivity index (χ1) is 8.13. The van der Waals surface area contributed by atoms with Crippen LogP contribution in [0.5, 0.6) is 0 Å². The van der Waals surface area contributed by atoms with Crippen LogP contribution in [-0.4, -0.2) is 5.54 Å². The molecule has 0 heterocycles. The smallest absolute Gasteiger partial charge is 0.255 e. The van der Waals surface area contributed by atoms with E-state index in [0.717, 1.165) is 11.9 Å². The molecule has 102 valence electrons. The third-order valence-electron chi connectivity index (χ3n) is 2.22. The summed E-state index contributed by atoms with van der Waals surface area (Å²) in [5, 5.41) is 0. The average molecular weight is 277 g/mol. The van der Waals surface area contributed by atoms with Gasteiger partial charge in [-0.3, -0.25) is 4.72 Å². The molecular formula is C13H18F3NS. The highest BCUT2D eigenvalue weighted by Gasteiger charge is 2.34. The van der Waals surface area contributed by atoms with E-state index in [1.165, 1.54) is 12.1 Å². The van der Waals surface area contributed by atoms with Gasteiger partial charge in [0, 0.05) is 10.4 Å². The van der Waals surface area contributed by atoms with E-state index in [9.17, 15) is 13.2 Å². The van der Waals surface area contributed by atoms with Gasteiger partial charge in [-0.25, -0.2) is 0 Å². The first kappa shape index (κ1) is 15.4. The molecule has 0 aliphatic heterocycles. The molecule has 0 bridgehead atoms. The zero-order valence-corrected chi connectivity index (χ0v) is 11.8. The lowest BCUT2D eigenvalue weighted by atomic mass is 10.1. The monoisotopic (exact) mass is 277 g/mol. The summed E-state index contributed by atoms with van der Waals surface area (Å²) >= 11 is 1.03. The third kappa shape index (κ3) is 4.53. The quantitative estimate of drug-likeness (QED) is 0.806. The highest BCUT2D eigenvalue weighted by atomic mass is 32.2. The molecular weight excluding hydrogens is 259 g/mol. The van der Waals surface area contributed by atoms with Crippen LogP contribution in [0.15, 0.2) is 23.1 Å². The van der Waals surface area contributed by atoms with E-state index in [1.807, 2.05) is 27.7 Å². The third-order valence-corrected chi connectivity index (χ3v) is 3.52. The maximum atomic E-state index is 12.9. The predicted molar refractivity (Wildman–Crippen MR) is 69.6 cm³/mol. The molecule has 1 aromatic carbocycles. The van der Waals surface area contributed by atoms with Crippen LogP contribution < -0.4 is 4.72 Å². The van der Waals surface area contributed by atoms with Crippen LogP contribution in [0.2, 0.25) is 0 Å². The molecule has 1 N–H and O–H groups in total. The molecule has 0 aliphatic rings. The molecule has 1 nitrogen and oxygen atoms in total. The van der Waals surface area contributed by atoms with Gasteiger partial charge in [-0.05, 0) is 56.8 Å². The van der Waals surface area contributed by atoms with Crippen molar-refractivity contribution in [1.82, 2.24) is 4.72 Å². The average Bonchev–Trinajstić information content (AvgIpc) is 2.24. The SMILES string of the molecule is CCc1ccc(SNC(C)(C)C)c(C(F)(F)F)c1. The molecule has 0 saturated heterocycles.